The van der Waals surface area contributed by atoms with Crippen molar-refractivity contribution in [2.24, 2.45) is 5.41 Å². The van der Waals surface area contributed by atoms with E-state index in [1.807, 2.05) is 6.92 Å². The molecule has 0 radical (unpaired) electrons. The second-order valence-electron chi connectivity index (χ2n) is 5.74. The first-order valence-electron chi connectivity index (χ1n) is 6.84. The minimum atomic E-state index is -0.840. The quantitative estimate of drug-likeness (QED) is 0.786. The van der Waals surface area contributed by atoms with Crippen LogP contribution in [0.1, 0.15) is 33.1 Å². The molecule has 0 aromatic carbocycles. The van der Waals surface area contributed by atoms with E-state index >= 15 is 0 Å². The Kier molecular flexibility index (Phi) is 3.99. The standard InChI is InChI=1S/C13H22N2O4/c1-9-8-15(6-7-19-9)12(18)14-10-4-3-5-13(10,2)11(16)17/h9-10H,3-8H2,1-2H3,(H,14,18)(H,16,17). The first-order chi connectivity index (χ1) is 8.93. The lowest BCUT2D eigenvalue weighted by atomic mass is 9.85. The molecule has 2 rings (SSSR count). The Labute approximate surface area is 113 Å². The molecule has 6 heteroatoms. The number of rotatable bonds is 2. The maximum atomic E-state index is 12.2. The summed E-state index contributed by atoms with van der Waals surface area (Å²) in [6, 6.07) is -0.454. The van der Waals surface area contributed by atoms with Crippen molar-refractivity contribution in [3.63, 3.8) is 0 Å². The van der Waals surface area contributed by atoms with Crippen LogP contribution < -0.4 is 5.32 Å². The number of carboxylic acid groups (broad SMARTS) is 1. The maximum Gasteiger partial charge on any atom is 0.317 e. The van der Waals surface area contributed by atoms with Gasteiger partial charge in [-0.15, -0.1) is 0 Å². The number of morpholine rings is 1. The van der Waals surface area contributed by atoms with Gasteiger partial charge in [0.15, 0.2) is 0 Å². The van der Waals surface area contributed by atoms with E-state index in [1.165, 1.54) is 0 Å². The third-order valence-corrected chi connectivity index (χ3v) is 4.27. The summed E-state index contributed by atoms with van der Waals surface area (Å²) in [5.74, 6) is -0.828. The van der Waals surface area contributed by atoms with Gasteiger partial charge in [0.25, 0.3) is 0 Å². The highest BCUT2D eigenvalue weighted by Crippen LogP contribution is 2.38. The van der Waals surface area contributed by atoms with Gasteiger partial charge >= 0.3 is 12.0 Å². The van der Waals surface area contributed by atoms with Crippen molar-refractivity contribution in [2.75, 3.05) is 19.7 Å². The first kappa shape index (κ1) is 14.1. The lowest BCUT2D eigenvalue weighted by molar-refractivity contribution is -0.148. The maximum absolute atomic E-state index is 12.2. The summed E-state index contributed by atoms with van der Waals surface area (Å²) in [5, 5.41) is 12.2. The van der Waals surface area contributed by atoms with Gasteiger partial charge in [0, 0.05) is 19.1 Å². The molecule has 3 unspecified atom stereocenters. The average molecular weight is 270 g/mol. The highest BCUT2D eigenvalue weighted by Gasteiger charge is 2.46. The minimum Gasteiger partial charge on any atom is -0.481 e. The molecule has 108 valence electrons. The fourth-order valence-corrected chi connectivity index (χ4v) is 2.90. The summed E-state index contributed by atoms with van der Waals surface area (Å²) in [5.41, 5.74) is -0.840. The molecule has 2 amide bonds. The van der Waals surface area contributed by atoms with Crippen LogP contribution in [0.25, 0.3) is 0 Å². The molecule has 2 N–H and O–H groups in total. The summed E-state index contributed by atoms with van der Waals surface area (Å²) in [4.78, 5) is 25.2. The van der Waals surface area contributed by atoms with E-state index in [9.17, 15) is 14.7 Å². The topological polar surface area (TPSA) is 78.9 Å². The number of carbonyl (C=O) groups excluding carboxylic acids is 1. The monoisotopic (exact) mass is 270 g/mol. The minimum absolute atomic E-state index is 0.0361. The molecule has 1 saturated heterocycles. The third-order valence-electron chi connectivity index (χ3n) is 4.27. The zero-order valence-electron chi connectivity index (χ0n) is 11.5. The van der Waals surface area contributed by atoms with Crippen LogP contribution in [-0.2, 0) is 9.53 Å². The summed E-state index contributed by atoms with van der Waals surface area (Å²) < 4.78 is 5.39. The SMILES string of the molecule is CC1CN(C(=O)NC2CCCC2(C)C(=O)O)CCO1. The van der Waals surface area contributed by atoms with E-state index in [1.54, 1.807) is 11.8 Å². The van der Waals surface area contributed by atoms with Crippen LogP contribution in [0.2, 0.25) is 0 Å². The molecule has 1 heterocycles. The number of hydrogen-bond acceptors (Lipinski definition) is 3. The number of nitrogens with zero attached hydrogens (tertiary/aromatic N) is 1. The van der Waals surface area contributed by atoms with Crippen LogP contribution in [-0.4, -0.2) is 53.8 Å². The van der Waals surface area contributed by atoms with Crippen molar-refractivity contribution >= 4 is 12.0 Å². The van der Waals surface area contributed by atoms with Crippen LogP contribution >= 0.6 is 0 Å². The van der Waals surface area contributed by atoms with E-state index < -0.39 is 11.4 Å². The molecule has 6 nitrogen and oxygen atoms in total. The molecule has 1 saturated carbocycles. The molecule has 2 fully saturated rings. The second-order valence-corrected chi connectivity index (χ2v) is 5.74. The predicted molar refractivity (Wildman–Crippen MR) is 68.9 cm³/mol. The Hall–Kier alpha value is -1.30. The van der Waals surface area contributed by atoms with E-state index in [0.717, 1.165) is 12.8 Å². The number of ether oxygens (including phenoxy) is 1. The van der Waals surface area contributed by atoms with Gasteiger partial charge in [-0.05, 0) is 26.7 Å². The summed E-state index contributed by atoms with van der Waals surface area (Å²) >= 11 is 0. The molecule has 1 aliphatic heterocycles. The predicted octanol–water partition coefficient (Wildman–Crippen LogP) is 1.06. The third kappa shape index (κ3) is 2.83. The number of amides is 2. The number of carbonyl (C=O) groups is 2. The van der Waals surface area contributed by atoms with Crippen LogP contribution in [0.4, 0.5) is 4.79 Å². The molecular formula is C13H22N2O4. The molecule has 0 spiro atoms. The largest absolute Gasteiger partial charge is 0.481 e. The van der Waals surface area contributed by atoms with Crippen molar-refractivity contribution in [1.82, 2.24) is 10.2 Å². The number of carboxylic acids is 1. The van der Waals surface area contributed by atoms with Gasteiger partial charge < -0.3 is 20.1 Å². The van der Waals surface area contributed by atoms with Gasteiger partial charge in [-0.3, -0.25) is 4.79 Å². The summed E-state index contributed by atoms with van der Waals surface area (Å²) in [6.45, 7) is 5.30. The van der Waals surface area contributed by atoms with Crippen molar-refractivity contribution in [3.05, 3.63) is 0 Å². The molecule has 3 atom stereocenters. The molecule has 1 aliphatic carbocycles. The zero-order valence-corrected chi connectivity index (χ0v) is 11.5. The highest BCUT2D eigenvalue weighted by atomic mass is 16.5. The van der Waals surface area contributed by atoms with Crippen molar-refractivity contribution < 1.29 is 19.4 Å². The van der Waals surface area contributed by atoms with Gasteiger partial charge in [-0.2, -0.15) is 0 Å². The molecule has 0 aromatic rings. The molecular weight excluding hydrogens is 248 g/mol. The Morgan fingerprint density at radius 1 is 1.47 bits per heavy atom. The van der Waals surface area contributed by atoms with E-state index in [0.29, 0.717) is 26.1 Å². The van der Waals surface area contributed by atoms with Crippen molar-refractivity contribution in [1.29, 1.82) is 0 Å². The number of aliphatic carboxylic acids is 1. The van der Waals surface area contributed by atoms with Crippen molar-refractivity contribution in [2.45, 2.75) is 45.3 Å². The summed E-state index contributed by atoms with van der Waals surface area (Å²) in [6.07, 6.45) is 2.23. The van der Waals surface area contributed by atoms with Gasteiger partial charge in [-0.25, -0.2) is 4.79 Å². The fourth-order valence-electron chi connectivity index (χ4n) is 2.90. The summed E-state index contributed by atoms with van der Waals surface area (Å²) in [7, 11) is 0. The van der Waals surface area contributed by atoms with E-state index in [2.05, 4.69) is 5.32 Å². The molecule has 0 bridgehead atoms. The van der Waals surface area contributed by atoms with Gasteiger partial charge in [-0.1, -0.05) is 6.42 Å². The Balaban J connectivity index is 1.96. The van der Waals surface area contributed by atoms with Crippen LogP contribution in [0.15, 0.2) is 0 Å². The first-order valence-corrected chi connectivity index (χ1v) is 6.84. The molecule has 2 aliphatic rings. The second kappa shape index (κ2) is 5.36. The Morgan fingerprint density at radius 2 is 2.21 bits per heavy atom. The van der Waals surface area contributed by atoms with E-state index in [-0.39, 0.29) is 18.2 Å². The normalized spacial score (nSPS) is 35.2. The van der Waals surface area contributed by atoms with E-state index in [4.69, 9.17) is 4.74 Å². The lowest BCUT2D eigenvalue weighted by Gasteiger charge is -2.34. The number of nitrogens with one attached hydrogen (secondary N) is 1. The highest BCUT2D eigenvalue weighted by molar-refractivity contribution is 5.79. The van der Waals surface area contributed by atoms with Crippen LogP contribution in [0.5, 0.6) is 0 Å². The zero-order chi connectivity index (χ0) is 14.0. The number of hydrogen-bond donors (Lipinski definition) is 2. The smallest absolute Gasteiger partial charge is 0.317 e. The molecule has 0 aromatic heterocycles. The average Bonchev–Trinajstić information content (AvgIpc) is 2.72. The lowest BCUT2D eigenvalue weighted by Crippen LogP contribution is -2.54. The molecule has 19 heavy (non-hydrogen) atoms. The van der Waals surface area contributed by atoms with Gasteiger partial charge in [0.05, 0.1) is 18.1 Å². The van der Waals surface area contributed by atoms with Crippen LogP contribution in [0.3, 0.4) is 0 Å². The fraction of sp³-hybridized carbons (Fsp3) is 0.846. The van der Waals surface area contributed by atoms with Gasteiger partial charge in [0.2, 0.25) is 0 Å². The number of urea groups is 1. The van der Waals surface area contributed by atoms with Crippen molar-refractivity contribution in [3.8, 4) is 0 Å². The Bertz CT molecular complexity index is 374. The van der Waals surface area contributed by atoms with Crippen LogP contribution in [0, 0.1) is 5.41 Å². The van der Waals surface area contributed by atoms with Gasteiger partial charge in [0.1, 0.15) is 0 Å². The Morgan fingerprint density at radius 3 is 2.84 bits per heavy atom.